The van der Waals surface area contributed by atoms with E-state index in [2.05, 4.69) is 20.3 Å². The molecule has 92 valence electrons. The first kappa shape index (κ1) is 12.0. The van der Waals surface area contributed by atoms with Crippen molar-refractivity contribution in [3.05, 3.63) is 41.6 Å². The fourth-order valence-corrected chi connectivity index (χ4v) is 1.70. The van der Waals surface area contributed by atoms with Crippen molar-refractivity contribution in [2.24, 2.45) is 0 Å². The molecule has 6 nitrogen and oxygen atoms in total. The minimum atomic E-state index is -1.01. The number of aryl methyl sites for hydroxylation is 2. The lowest BCUT2D eigenvalue weighted by Gasteiger charge is -2.11. The Morgan fingerprint density at radius 3 is 2.56 bits per heavy atom. The molecular weight excluding hydrogens is 232 g/mol. The number of hydrogen-bond acceptors (Lipinski definition) is 5. The third-order valence-corrected chi connectivity index (χ3v) is 2.38. The van der Waals surface area contributed by atoms with Gasteiger partial charge in [-0.3, -0.25) is 0 Å². The molecule has 0 saturated carbocycles. The second-order valence-electron chi connectivity index (χ2n) is 3.86. The van der Waals surface area contributed by atoms with Crippen LogP contribution in [0, 0.1) is 13.8 Å². The van der Waals surface area contributed by atoms with Gasteiger partial charge < -0.3 is 10.4 Å². The van der Waals surface area contributed by atoms with Gasteiger partial charge in [0, 0.05) is 5.69 Å². The Morgan fingerprint density at radius 1 is 1.28 bits per heavy atom. The Bertz CT molecular complexity index is 584. The molecule has 6 heteroatoms. The highest BCUT2D eigenvalue weighted by Gasteiger charge is 2.15. The summed E-state index contributed by atoms with van der Waals surface area (Å²) in [7, 11) is 0. The molecule has 2 N–H and O–H groups in total. The number of hydrogen-bond donors (Lipinski definition) is 2. The highest BCUT2D eigenvalue weighted by Crippen LogP contribution is 2.21. The molecule has 2 rings (SSSR count). The number of nitrogens with zero attached hydrogens (tertiary/aromatic N) is 3. The van der Waals surface area contributed by atoms with Crippen LogP contribution in [0.3, 0.4) is 0 Å². The maximum atomic E-state index is 11.2. The summed E-state index contributed by atoms with van der Waals surface area (Å²) < 4.78 is 0. The van der Waals surface area contributed by atoms with Crippen molar-refractivity contribution < 1.29 is 9.90 Å². The van der Waals surface area contributed by atoms with Crippen LogP contribution in [0.25, 0.3) is 0 Å². The normalized spacial score (nSPS) is 10.1. The summed E-state index contributed by atoms with van der Waals surface area (Å²) in [5.74, 6) is -0.714. The molecule has 0 aliphatic rings. The second-order valence-corrected chi connectivity index (χ2v) is 3.86. The highest BCUT2D eigenvalue weighted by molar-refractivity contribution is 5.95. The van der Waals surface area contributed by atoms with Crippen molar-refractivity contribution in [3.63, 3.8) is 0 Å². The van der Waals surface area contributed by atoms with E-state index >= 15 is 0 Å². The number of pyridine rings is 1. The van der Waals surface area contributed by atoms with Crippen LogP contribution in [-0.4, -0.2) is 26.0 Å². The molecule has 0 fully saturated rings. The lowest BCUT2D eigenvalue weighted by Crippen LogP contribution is -2.08. The van der Waals surface area contributed by atoms with Crippen LogP contribution in [-0.2, 0) is 0 Å². The number of rotatable bonds is 3. The van der Waals surface area contributed by atoms with Gasteiger partial charge in [0.25, 0.3) is 0 Å². The van der Waals surface area contributed by atoms with Crippen LogP contribution in [0.5, 0.6) is 0 Å². The highest BCUT2D eigenvalue weighted by atomic mass is 16.4. The number of aromatic nitrogens is 3. The lowest BCUT2D eigenvalue weighted by molar-refractivity contribution is 0.0697. The van der Waals surface area contributed by atoms with Gasteiger partial charge in [-0.1, -0.05) is 0 Å². The molecule has 0 aromatic carbocycles. The van der Waals surface area contributed by atoms with Gasteiger partial charge in [0.1, 0.15) is 17.7 Å². The third-order valence-electron chi connectivity index (χ3n) is 2.38. The van der Waals surface area contributed by atoms with Gasteiger partial charge >= 0.3 is 5.97 Å². The number of aromatic carboxylic acids is 1. The molecule has 2 aromatic heterocycles. The van der Waals surface area contributed by atoms with E-state index in [0.29, 0.717) is 17.1 Å². The summed E-state index contributed by atoms with van der Waals surface area (Å²) in [6, 6.07) is 1.73. The average molecular weight is 244 g/mol. The summed E-state index contributed by atoms with van der Waals surface area (Å²) in [5.41, 5.74) is 2.16. The first-order valence-electron chi connectivity index (χ1n) is 5.31. The first-order chi connectivity index (χ1) is 8.58. The summed E-state index contributed by atoms with van der Waals surface area (Å²) in [5, 5.41) is 12.1. The van der Waals surface area contributed by atoms with Crippen molar-refractivity contribution in [1.29, 1.82) is 0 Å². The predicted molar refractivity (Wildman–Crippen MR) is 66.0 cm³/mol. The molecule has 0 bridgehead atoms. The standard InChI is InChI=1S/C12H12N4O2/c1-7-3-8(2)15-11(10(7)12(17)18)16-9-4-13-6-14-5-9/h3-6H,1-2H3,(H,15,16)(H,17,18). The predicted octanol–water partition coefficient (Wildman–Crippen LogP) is 1.93. The zero-order valence-corrected chi connectivity index (χ0v) is 10.0. The molecule has 0 saturated heterocycles. The van der Waals surface area contributed by atoms with Gasteiger partial charge in [-0.2, -0.15) is 0 Å². The van der Waals surface area contributed by atoms with Gasteiger partial charge in [-0.25, -0.2) is 19.7 Å². The Labute approximate surface area is 104 Å². The van der Waals surface area contributed by atoms with E-state index in [0.717, 1.165) is 5.69 Å². The van der Waals surface area contributed by atoms with Crippen molar-refractivity contribution in [2.75, 3.05) is 5.32 Å². The Balaban J connectivity index is 2.46. The van der Waals surface area contributed by atoms with Crippen LogP contribution >= 0.6 is 0 Å². The van der Waals surface area contributed by atoms with E-state index in [1.54, 1.807) is 25.4 Å². The number of nitrogens with one attached hydrogen (secondary N) is 1. The molecule has 0 aliphatic carbocycles. The molecule has 18 heavy (non-hydrogen) atoms. The molecule has 2 aromatic rings. The van der Waals surface area contributed by atoms with E-state index < -0.39 is 5.97 Å². The van der Waals surface area contributed by atoms with Crippen LogP contribution in [0.4, 0.5) is 11.5 Å². The van der Waals surface area contributed by atoms with Gasteiger partial charge in [0.05, 0.1) is 18.1 Å². The van der Waals surface area contributed by atoms with Crippen LogP contribution in [0.1, 0.15) is 21.6 Å². The number of carboxylic acids is 1. The zero-order chi connectivity index (χ0) is 13.1. The lowest BCUT2D eigenvalue weighted by atomic mass is 10.1. The van der Waals surface area contributed by atoms with E-state index in [1.165, 1.54) is 6.33 Å². The van der Waals surface area contributed by atoms with Crippen molar-refractivity contribution >= 4 is 17.5 Å². The summed E-state index contributed by atoms with van der Waals surface area (Å²) in [6.45, 7) is 3.55. The summed E-state index contributed by atoms with van der Waals surface area (Å²) >= 11 is 0. The topological polar surface area (TPSA) is 88.0 Å². The van der Waals surface area contributed by atoms with Crippen LogP contribution in [0.2, 0.25) is 0 Å². The molecule has 0 aliphatic heterocycles. The van der Waals surface area contributed by atoms with E-state index in [9.17, 15) is 9.90 Å². The van der Waals surface area contributed by atoms with Crippen LogP contribution < -0.4 is 5.32 Å². The van der Waals surface area contributed by atoms with Crippen molar-refractivity contribution in [1.82, 2.24) is 15.0 Å². The smallest absolute Gasteiger partial charge is 0.339 e. The van der Waals surface area contributed by atoms with E-state index in [4.69, 9.17) is 0 Å². The minimum Gasteiger partial charge on any atom is -0.478 e. The third kappa shape index (κ3) is 2.42. The zero-order valence-electron chi connectivity index (χ0n) is 10.0. The van der Waals surface area contributed by atoms with Gasteiger partial charge in [-0.15, -0.1) is 0 Å². The summed E-state index contributed by atoms with van der Waals surface area (Å²) in [4.78, 5) is 23.1. The van der Waals surface area contributed by atoms with Gasteiger partial charge in [0.2, 0.25) is 0 Å². The largest absolute Gasteiger partial charge is 0.478 e. The van der Waals surface area contributed by atoms with Crippen LogP contribution in [0.15, 0.2) is 24.8 Å². The monoisotopic (exact) mass is 244 g/mol. The molecule has 0 unspecified atom stereocenters. The quantitative estimate of drug-likeness (QED) is 0.857. The Hall–Kier alpha value is -2.50. The van der Waals surface area contributed by atoms with Gasteiger partial charge in [0.15, 0.2) is 0 Å². The van der Waals surface area contributed by atoms with Crippen molar-refractivity contribution in [2.45, 2.75) is 13.8 Å². The second kappa shape index (κ2) is 4.79. The fourth-order valence-electron chi connectivity index (χ4n) is 1.70. The fraction of sp³-hybridized carbons (Fsp3) is 0.167. The maximum Gasteiger partial charge on any atom is 0.339 e. The maximum absolute atomic E-state index is 11.2. The van der Waals surface area contributed by atoms with Gasteiger partial charge in [-0.05, 0) is 25.5 Å². The van der Waals surface area contributed by atoms with Crippen molar-refractivity contribution in [3.8, 4) is 0 Å². The van der Waals surface area contributed by atoms with E-state index in [1.807, 2.05) is 6.92 Å². The first-order valence-corrected chi connectivity index (χ1v) is 5.31. The molecule has 0 spiro atoms. The van der Waals surface area contributed by atoms with E-state index in [-0.39, 0.29) is 5.56 Å². The molecule has 0 atom stereocenters. The number of anilines is 2. The number of carbonyl (C=O) groups is 1. The molecule has 0 amide bonds. The Morgan fingerprint density at radius 2 is 1.94 bits per heavy atom. The summed E-state index contributed by atoms with van der Waals surface area (Å²) in [6.07, 6.45) is 4.51. The minimum absolute atomic E-state index is 0.157. The number of carboxylic acid groups (broad SMARTS) is 1. The molecule has 2 heterocycles. The molecule has 0 radical (unpaired) electrons. The SMILES string of the molecule is Cc1cc(C)c(C(=O)O)c(Nc2cncnc2)n1. The Kier molecular flexibility index (Phi) is 3.18. The average Bonchev–Trinajstić information content (AvgIpc) is 2.28. The molecular formula is C12H12N4O2.